The minimum atomic E-state index is -0.681. The van der Waals surface area contributed by atoms with E-state index >= 15 is 0 Å². The minimum absolute atomic E-state index is 0.239. The van der Waals surface area contributed by atoms with Gasteiger partial charge in [0.05, 0.1) is 6.10 Å². The van der Waals surface area contributed by atoms with Crippen LogP contribution in [-0.4, -0.2) is 33.6 Å². The first-order chi connectivity index (χ1) is 9.20. The van der Waals surface area contributed by atoms with E-state index in [9.17, 15) is 14.7 Å². The number of carbonyl (C=O) groups is 2. The van der Waals surface area contributed by atoms with Crippen LogP contribution < -0.4 is 10.6 Å². The summed E-state index contributed by atoms with van der Waals surface area (Å²) in [5.41, 5.74) is 0.329. The summed E-state index contributed by atoms with van der Waals surface area (Å²) in [6.07, 6.45) is 1.53. The number of amides is 2. The van der Waals surface area contributed by atoms with Crippen molar-refractivity contribution in [1.82, 2.24) is 15.2 Å². The number of rotatable bonds is 4. The van der Waals surface area contributed by atoms with Crippen molar-refractivity contribution in [3.63, 3.8) is 0 Å². The zero-order chi connectivity index (χ0) is 15.3. The lowest BCUT2D eigenvalue weighted by atomic mass is 10.1. The molecule has 0 saturated carbocycles. The number of aromatic nitrogens is 1. The average molecular weight is 281 g/mol. The highest BCUT2D eigenvalue weighted by Crippen LogP contribution is 2.15. The van der Waals surface area contributed by atoms with Gasteiger partial charge in [0, 0.05) is 31.0 Å². The number of hydrogen-bond donors (Lipinski definition) is 3. The summed E-state index contributed by atoms with van der Waals surface area (Å²) in [6.45, 7) is 5.65. The summed E-state index contributed by atoms with van der Waals surface area (Å²) in [4.78, 5) is 23.1. The summed E-state index contributed by atoms with van der Waals surface area (Å²) < 4.78 is 1.82. The van der Waals surface area contributed by atoms with Gasteiger partial charge in [-0.3, -0.25) is 9.59 Å². The molecule has 3 N–H and O–H groups in total. The molecule has 0 aliphatic rings. The summed E-state index contributed by atoms with van der Waals surface area (Å²) in [7, 11) is 1.84. The lowest BCUT2D eigenvalue weighted by Crippen LogP contribution is -2.48. The van der Waals surface area contributed by atoms with Crippen LogP contribution >= 0.6 is 0 Å². The van der Waals surface area contributed by atoms with Crippen molar-refractivity contribution >= 4 is 11.8 Å². The van der Waals surface area contributed by atoms with Crippen molar-refractivity contribution in [3.05, 3.63) is 24.0 Å². The number of carbonyl (C=O) groups excluding carboxylic acids is 2. The molecule has 0 fully saturated rings. The van der Waals surface area contributed by atoms with E-state index in [-0.39, 0.29) is 6.54 Å². The van der Waals surface area contributed by atoms with E-state index in [2.05, 4.69) is 10.6 Å². The van der Waals surface area contributed by atoms with Crippen LogP contribution in [0.2, 0.25) is 0 Å². The smallest absolute Gasteiger partial charge is 0.309 e. The van der Waals surface area contributed by atoms with Crippen LogP contribution in [0.5, 0.6) is 0 Å². The Bertz CT molecular complexity index is 474. The Morgan fingerprint density at radius 2 is 2.00 bits per heavy atom. The van der Waals surface area contributed by atoms with Gasteiger partial charge in [0.15, 0.2) is 0 Å². The highest BCUT2D eigenvalue weighted by Gasteiger charge is 2.20. The molecule has 0 radical (unpaired) electrons. The van der Waals surface area contributed by atoms with Crippen LogP contribution in [0, 0.1) is 0 Å². The van der Waals surface area contributed by atoms with Crippen molar-refractivity contribution in [2.45, 2.75) is 38.8 Å². The predicted molar refractivity (Wildman–Crippen MR) is 75.9 cm³/mol. The molecule has 0 spiro atoms. The minimum Gasteiger partial charge on any atom is -0.387 e. The Morgan fingerprint density at radius 1 is 1.35 bits per heavy atom. The van der Waals surface area contributed by atoms with E-state index in [0.717, 1.165) is 5.69 Å². The molecule has 1 atom stereocenters. The first-order valence-electron chi connectivity index (χ1n) is 6.60. The Balaban J connectivity index is 2.36. The molecule has 1 aromatic rings. The normalized spacial score (nSPS) is 12.8. The third kappa shape index (κ3) is 5.05. The number of aryl methyl sites for hydroxylation is 1. The maximum absolute atomic E-state index is 11.5. The molecule has 0 aliphatic carbocycles. The summed E-state index contributed by atoms with van der Waals surface area (Å²) in [5.74, 6) is -1.34. The van der Waals surface area contributed by atoms with Crippen LogP contribution in [0.3, 0.4) is 0 Å². The Kier molecular flexibility index (Phi) is 5.33. The largest absolute Gasteiger partial charge is 0.387 e. The summed E-state index contributed by atoms with van der Waals surface area (Å²) in [5, 5.41) is 15.0. The molecule has 2 amide bonds. The van der Waals surface area contributed by atoms with Gasteiger partial charge >= 0.3 is 11.8 Å². The van der Waals surface area contributed by atoms with Crippen molar-refractivity contribution in [3.8, 4) is 0 Å². The lowest BCUT2D eigenvalue weighted by Gasteiger charge is -2.20. The van der Waals surface area contributed by atoms with Gasteiger partial charge in [-0.15, -0.1) is 0 Å². The molecular formula is C14H23N3O3. The molecule has 112 valence electrons. The van der Waals surface area contributed by atoms with E-state index in [4.69, 9.17) is 0 Å². The molecular weight excluding hydrogens is 258 g/mol. The van der Waals surface area contributed by atoms with Gasteiger partial charge in [0.25, 0.3) is 0 Å². The van der Waals surface area contributed by atoms with Crippen molar-refractivity contribution in [2.75, 3.05) is 6.54 Å². The van der Waals surface area contributed by atoms with Crippen LogP contribution in [0.25, 0.3) is 0 Å². The lowest BCUT2D eigenvalue weighted by molar-refractivity contribution is -0.140. The first kappa shape index (κ1) is 16.2. The van der Waals surface area contributed by atoms with Gasteiger partial charge in [-0.25, -0.2) is 0 Å². The Labute approximate surface area is 119 Å². The molecule has 1 heterocycles. The molecule has 0 aliphatic heterocycles. The summed E-state index contributed by atoms with van der Waals surface area (Å²) in [6, 6.07) is 3.66. The maximum Gasteiger partial charge on any atom is 0.309 e. The number of nitrogens with one attached hydrogen (secondary N) is 2. The quantitative estimate of drug-likeness (QED) is 0.702. The van der Waals surface area contributed by atoms with Crippen molar-refractivity contribution < 1.29 is 14.7 Å². The second-order valence-corrected chi connectivity index (χ2v) is 5.81. The third-order valence-electron chi connectivity index (χ3n) is 2.72. The zero-order valence-corrected chi connectivity index (χ0v) is 12.4. The Morgan fingerprint density at radius 3 is 2.50 bits per heavy atom. The average Bonchev–Trinajstić information content (AvgIpc) is 2.72. The molecule has 0 bridgehead atoms. The highest BCUT2D eigenvalue weighted by molar-refractivity contribution is 6.35. The standard InChI is InChI=1S/C14H23N3O3/c1-14(2,3)16-13(20)12(19)15-8-7-11(18)10-6-5-9-17(10)4/h5-6,9,11,18H,7-8H2,1-4H3,(H,15,19)(H,16,20). The molecule has 6 nitrogen and oxygen atoms in total. The number of hydrogen-bond acceptors (Lipinski definition) is 3. The van der Waals surface area contributed by atoms with E-state index in [0.29, 0.717) is 6.42 Å². The van der Waals surface area contributed by atoms with Gasteiger partial charge in [0.1, 0.15) is 0 Å². The fraction of sp³-hybridized carbons (Fsp3) is 0.571. The number of aliphatic hydroxyl groups excluding tert-OH is 1. The topological polar surface area (TPSA) is 83.4 Å². The van der Waals surface area contributed by atoms with E-state index < -0.39 is 23.5 Å². The zero-order valence-electron chi connectivity index (χ0n) is 12.4. The van der Waals surface area contributed by atoms with Crippen LogP contribution in [0.4, 0.5) is 0 Å². The fourth-order valence-corrected chi connectivity index (χ4v) is 1.77. The van der Waals surface area contributed by atoms with Crippen LogP contribution in [0.1, 0.15) is 39.0 Å². The molecule has 1 unspecified atom stereocenters. The molecule has 20 heavy (non-hydrogen) atoms. The summed E-state index contributed by atoms with van der Waals surface area (Å²) >= 11 is 0. The monoisotopic (exact) mass is 281 g/mol. The Hall–Kier alpha value is -1.82. The second kappa shape index (κ2) is 6.56. The van der Waals surface area contributed by atoms with E-state index in [1.165, 1.54) is 0 Å². The fourth-order valence-electron chi connectivity index (χ4n) is 1.77. The van der Waals surface area contributed by atoms with E-state index in [1.807, 2.05) is 29.9 Å². The van der Waals surface area contributed by atoms with Crippen molar-refractivity contribution in [1.29, 1.82) is 0 Å². The van der Waals surface area contributed by atoms with Gasteiger partial charge in [-0.1, -0.05) is 0 Å². The van der Waals surface area contributed by atoms with Gasteiger partial charge < -0.3 is 20.3 Å². The number of aliphatic hydroxyl groups is 1. The van der Waals surface area contributed by atoms with E-state index in [1.54, 1.807) is 20.8 Å². The van der Waals surface area contributed by atoms with Gasteiger partial charge in [0.2, 0.25) is 0 Å². The number of nitrogens with zero attached hydrogens (tertiary/aromatic N) is 1. The van der Waals surface area contributed by atoms with Crippen LogP contribution in [0.15, 0.2) is 18.3 Å². The molecule has 1 aromatic heterocycles. The first-order valence-corrected chi connectivity index (χ1v) is 6.60. The SMILES string of the molecule is Cn1cccc1C(O)CCNC(=O)C(=O)NC(C)(C)C. The van der Waals surface area contributed by atoms with Gasteiger partial charge in [-0.05, 0) is 39.3 Å². The van der Waals surface area contributed by atoms with Crippen molar-refractivity contribution in [2.24, 2.45) is 7.05 Å². The highest BCUT2D eigenvalue weighted by atomic mass is 16.3. The van der Waals surface area contributed by atoms with Crippen LogP contribution in [-0.2, 0) is 16.6 Å². The molecule has 1 rings (SSSR count). The maximum atomic E-state index is 11.5. The molecule has 0 aromatic carbocycles. The predicted octanol–water partition coefficient (Wildman–Crippen LogP) is 0.479. The molecule has 0 saturated heterocycles. The second-order valence-electron chi connectivity index (χ2n) is 5.81. The third-order valence-corrected chi connectivity index (χ3v) is 2.72. The van der Waals surface area contributed by atoms with Gasteiger partial charge in [-0.2, -0.15) is 0 Å². The molecule has 6 heteroatoms.